The molecule has 0 aliphatic carbocycles. The van der Waals surface area contributed by atoms with Crippen molar-refractivity contribution in [3.05, 3.63) is 93.6 Å². The Labute approximate surface area is 349 Å². The summed E-state index contributed by atoms with van der Waals surface area (Å²) in [6.07, 6.45) is 0. The Morgan fingerprint density at radius 3 is 1.41 bits per heavy atom. The van der Waals surface area contributed by atoms with E-state index in [0.717, 1.165) is 80.6 Å². The van der Waals surface area contributed by atoms with Crippen LogP contribution in [0.25, 0.3) is 33.5 Å². The molecule has 2 aliphatic rings. The Hall–Kier alpha value is -5.30. The zero-order chi connectivity index (χ0) is 39.7. The zero-order valence-corrected chi connectivity index (χ0v) is 34.5. The fourth-order valence-corrected chi connectivity index (χ4v) is 7.67. The van der Waals surface area contributed by atoms with Gasteiger partial charge in [0.25, 0.3) is 0 Å². The number of fused-ring (bicyclic) bond motifs is 2. The molecule has 0 radical (unpaired) electrons. The normalized spacial score (nSPS) is 14.1. The van der Waals surface area contributed by atoms with E-state index in [4.69, 9.17) is 29.4 Å². The van der Waals surface area contributed by atoms with Gasteiger partial charge in [-0.2, -0.15) is 19.2 Å². The Morgan fingerprint density at radius 1 is 0.655 bits per heavy atom. The number of rotatable bonds is 7. The standard InChI is InChI=1S/C22H26N4O3.C20H22N4O3.Li.H2O/c1-5-29-22(27)17-13-18(25-9-11-28-12-10-25)26-21(23-17)20(16(4)24-26)19-14(2)7-6-8-15(19)3;1-12-5-4-6-13(2)17(12)18-14(3)22-24-16(23-7-9-27-10-8-23)11-15(20(25)26)21-19(18)24;;/h6-8,13H,5,9-12H2,1-4H3;4-6,11H,7-10H2,1-3H3,(H,25,26);;1H2/q;;+1;/p-1. The molecule has 6 aromatic rings. The van der Waals surface area contributed by atoms with E-state index >= 15 is 0 Å². The van der Waals surface area contributed by atoms with Gasteiger partial charge in [-0.3, -0.25) is 0 Å². The first-order valence-electron chi connectivity index (χ1n) is 19.0. The quantitative estimate of drug-likeness (QED) is 0.185. The molecule has 0 atom stereocenters. The summed E-state index contributed by atoms with van der Waals surface area (Å²) in [6, 6.07) is 15.7. The number of carboxylic acid groups (broad SMARTS) is 1. The van der Waals surface area contributed by atoms with Crippen LogP contribution in [0.2, 0.25) is 0 Å². The molecule has 0 spiro atoms. The minimum absolute atomic E-state index is 0. The molecule has 2 saturated heterocycles. The van der Waals surface area contributed by atoms with Crippen LogP contribution in [0.15, 0.2) is 48.5 Å². The number of hydrogen-bond acceptors (Lipinski definition) is 12. The van der Waals surface area contributed by atoms with Crippen molar-refractivity contribution < 1.29 is 53.2 Å². The summed E-state index contributed by atoms with van der Waals surface area (Å²) >= 11 is 0. The van der Waals surface area contributed by atoms with Gasteiger partial charge in [0, 0.05) is 38.3 Å². The molecule has 300 valence electrons. The topological polar surface area (TPSA) is 179 Å². The van der Waals surface area contributed by atoms with E-state index in [0.29, 0.717) is 63.1 Å². The summed E-state index contributed by atoms with van der Waals surface area (Å²) in [5, 5.41) is 19.1. The van der Waals surface area contributed by atoms with Crippen molar-refractivity contribution in [1.29, 1.82) is 0 Å². The second-order valence-corrected chi connectivity index (χ2v) is 14.1. The van der Waals surface area contributed by atoms with Crippen LogP contribution in [0, 0.1) is 41.5 Å². The van der Waals surface area contributed by atoms with Crippen LogP contribution in [-0.2, 0) is 14.2 Å². The molecule has 0 amide bonds. The van der Waals surface area contributed by atoms with Crippen LogP contribution in [0.5, 0.6) is 0 Å². The maximum atomic E-state index is 12.6. The SMILES string of the molecule is CCOC(=O)c1cc(N2CCOCC2)n2nc(C)c(-c3c(C)cccc3C)c2n1.Cc1cccc(C)c1-c1c(C)nn2c(N3CCOCC3)cc(C(=O)O)nc12.[Li+].[OH-]. The molecule has 4 aromatic heterocycles. The van der Waals surface area contributed by atoms with Crippen molar-refractivity contribution in [3.8, 4) is 22.3 Å². The van der Waals surface area contributed by atoms with Gasteiger partial charge in [0.2, 0.25) is 0 Å². The number of aromatic carboxylic acids is 1. The molecule has 2 aliphatic heterocycles. The van der Waals surface area contributed by atoms with Crippen LogP contribution in [-0.4, -0.2) is 111 Å². The number of carbonyl (C=O) groups is 2. The van der Waals surface area contributed by atoms with Gasteiger partial charge in [0.15, 0.2) is 22.7 Å². The van der Waals surface area contributed by atoms with Gasteiger partial charge in [-0.05, 0) is 81.8 Å². The molecule has 2 aromatic carbocycles. The number of aromatic nitrogens is 6. The summed E-state index contributed by atoms with van der Waals surface area (Å²) < 4.78 is 19.8. The molecule has 2 N–H and O–H groups in total. The Morgan fingerprint density at radius 2 is 1.03 bits per heavy atom. The molecule has 58 heavy (non-hydrogen) atoms. The number of esters is 1. The fourth-order valence-electron chi connectivity index (χ4n) is 7.67. The molecule has 6 heterocycles. The number of benzene rings is 2. The third-order valence-corrected chi connectivity index (χ3v) is 10.3. The number of carboxylic acids is 1. The van der Waals surface area contributed by atoms with Crippen LogP contribution in [0.3, 0.4) is 0 Å². The average Bonchev–Trinajstić information content (AvgIpc) is 3.69. The average molecular weight is 785 g/mol. The van der Waals surface area contributed by atoms with Gasteiger partial charge < -0.3 is 34.6 Å². The summed E-state index contributed by atoms with van der Waals surface area (Å²) in [5.41, 5.74) is 11.8. The summed E-state index contributed by atoms with van der Waals surface area (Å²) in [5.74, 6) is 0.109. The van der Waals surface area contributed by atoms with E-state index in [-0.39, 0.29) is 30.0 Å². The van der Waals surface area contributed by atoms with Crippen molar-refractivity contribution in [2.75, 3.05) is 69.0 Å². The molecule has 16 heteroatoms. The number of aryl methyl sites for hydroxylation is 6. The molecule has 15 nitrogen and oxygen atoms in total. The number of carbonyl (C=O) groups excluding carboxylic acids is 1. The smallest absolute Gasteiger partial charge is 0.870 e. The fraction of sp³-hybridized carbons (Fsp3) is 0.381. The van der Waals surface area contributed by atoms with E-state index in [1.807, 2.05) is 30.5 Å². The Balaban J connectivity index is 0.000000214. The minimum atomic E-state index is -1.04. The van der Waals surface area contributed by atoms with Gasteiger partial charge in [-0.15, -0.1) is 0 Å². The predicted molar refractivity (Wildman–Crippen MR) is 216 cm³/mol. The monoisotopic (exact) mass is 784 g/mol. The molecule has 8 rings (SSSR count). The first kappa shape index (κ1) is 43.8. The van der Waals surface area contributed by atoms with Gasteiger partial charge in [-0.1, -0.05) is 36.4 Å². The van der Waals surface area contributed by atoms with E-state index in [1.54, 1.807) is 23.6 Å². The largest absolute Gasteiger partial charge is 1.00 e. The number of anilines is 2. The second-order valence-electron chi connectivity index (χ2n) is 14.1. The van der Waals surface area contributed by atoms with Crippen molar-refractivity contribution in [3.63, 3.8) is 0 Å². The summed E-state index contributed by atoms with van der Waals surface area (Å²) in [7, 11) is 0. The number of morpholine rings is 2. The second kappa shape index (κ2) is 18.5. The Bertz CT molecular complexity index is 2410. The van der Waals surface area contributed by atoms with E-state index < -0.39 is 11.9 Å². The van der Waals surface area contributed by atoms with Gasteiger partial charge >= 0.3 is 30.8 Å². The zero-order valence-electron chi connectivity index (χ0n) is 34.5. The van der Waals surface area contributed by atoms with Crippen LogP contribution >= 0.6 is 0 Å². The van der Waals surface area contributed by atoms with Crippen LogP contribution in [0.1, 0.15) is 61.5 Å². The van der Waals surface area contributed by atoms with E-state index in [1.165, 1.54) is 0 Å². The molecule has 0 unspecified atom stereocenters. The van der Waals surface area contributed by atoms with E-state index in [2.05, 4.69) is 66.7 Å². The van der Waals surface area contributed by atoms with Gasteiger partial charge in [0.1, 0.15) is 11.6 Å². The molecular weight excluding hydrogens is 735 g/mol. The first-order valence-corrected chi connectivity index (χ1v) is 19.0. The number of ether oxygens (including phenoxy) is 3. The molecular formula is C42H49LiN8O7. The first-order chi connectivity index (χ1) is 27.0. The molecule has 2 fully saturated rings. The Kier molecular flexibility index (Phi) is 14.0. The van der Waals surface area contributed by atoms with Crippen LogP contribution < -0.4 is 28.7 Å². The van der Waals surface area contributed by atoms with Crippen LogP contribution in [0.4, 0.5) is 11.6 Å². The van der Waals surface area contributed by atoms with Crippen molar-refractivity contribution in [2.45, 2.75) is 48.5 Å². The minimum Gasteiger partial charge on any atom is -0.870 e. The molecule has 0 saturated carbocycles. The maximum Gasteiger partial charge on any atom is 1.00 e. The van der Waals surface area contributed by atoms with Crippen molar-refractivity contribution in [1.82, 2.24) is 29.2 Å². The third-order valence-electron chi connectivity index (χ3n) is 10.3. The summed E-state index contributed by atoms with van der Waals surface area (Å²) in [4.78, 5) is 37.7. The van der Waals surface area contributed by atoms with Crippen molar-refractivity contribution >= 4 is 34.9 Å². The van der Waals surface area contributed by atoms with Gasteiger partial charge in [-0.25, -0.2) is 19.6 Å². The number of hydrogen-bond donors (Lipinski definition) is 1. The summed E-state index contributed by atoms with van der Waals surface area (Å²) in [6.45, 7) is 19.7. The predicted octanol–water partition coefficient (Wildman–Crippen LogP) is 3.02. The maximum absolute atomic E-state index is 12.6. The van der Waals surface area contributed by atoms with Crippen molar-refractivity contribution in [2.24, 2.45) is 0 Å². The number of nitrogens with zero attached hydrogens (tertiary/aromatic N) is 8. The van der Waals surface area contributed by atoms with Gasteiger partial charge in [0.05, 0.1) is 55.5 Å². The van der Waals surface area contributed by atoms with E-state index in [9.17, 15) is 14.7 Å². The molecule has 0 bridgehead atoms. The third kappa shape index (κ3) is 8.45.